The fourth-order valence-corrected chi connectivity index (χ4v) is 4.61. The van der Waals surface area contributed by atoms with Crippen molar-refractivity contribution < 1.29 is 13.5 Å². The van der Waals surface area contributed by atoms with E-state index < -0.39 is 10.0 Å². The lowest BCUT2D eigenvalue weighted by Gasteiger charge is -2.33. The van der Waals surface area contributed by atoms with Crippen molar-refractivity contribution in [3.8, 4) is 0 Å². The minimum Gasteiger partial charge on any atom is -0.395 e. The van der Waals surface area contributed by atoms with Crippen LogP contribution in [0.5, 0.6) is 0 Å². The van der Waals surface area contributed by atoms with Crippen LogP contribution in [0, 0.1) is 6.92 Å². The van der Waals surface area contributed by atoms with Gasteiger partial charge in [0.1, 0.15) is 0 Å². The second kappa shape index (κ2) is 5.62. The van der Waals surface area contributed by atoms with Gasteiger partial charge in [0, 0.05) is 32.7 Å². The molecule has 8 heteroatoms. The Kier molecular flexibility index (Phi) is 4.33. The minimum atomic E-state index is -3.38. The van der Waals surface area contributed by atoms with Crippen molar-refractivity contribution in [3.63, 3.8) is 0 Å². The molecule has 1 N–H and O–H groups in total. The summed E-state index contributed by atoms with van der Waals surface area (Å²) in [4.78, 5) is 6.05. The average molecular weight is 291 g/mol. The Morgan fingerprint density at radius 3 is 2.56 bits per heavy atom. The summed E-state index contributed by atoms with van der Waals surface area (Å²) in [7, 11) is -3.38. The molecule has 1 aliphatic heterocycles. The average Bonchev–Trinajstić information content (AvgIpc) is 2.78. The third-order valence-corrected chi connectivity index (χ3v) is 6.19. The number of piperazine rings is 1. The Morgan fingerprint density at radius 2 is 2.06 bits per heavy atom. The largest absolute Gasteiger partial charge is 0.395 e. The van der Waals surface area contributed by atoms with Crippen LogP contribution in [0.2, 0.25) is 0 Å². The number of nitrogens with zero attached hydrogens (tertiary/aromatic N) is 3. The topological polar surface area (TPSA) is 73.7 Å². The monoisotopic (exact) mass is 291 g/mol. The van der Waals surface area contributed by atoms with Gasteiger partial charge in [0.05, 0.1) is 17.8 Å². The molecule has 0 aromatic carbocycles. The molecule has 2 heterocycles. The van der Waals surface area contributed by atoms with Gasteiger partial charge in [-0.15, -0.1) is 11.3 Å². The van der Waals surface area contributed by atoms with E-state index >= 15 is 0 Å². The first kappa shape index (κ1) is 13.9. The number of sulfonamides is 1. The van der Waals surface area contributed by atoms with E-state index in [4.69, 9.17) is 5.11 Å². The van der Waals surface area contributed by atoms with Gasteiger partial charge in [-0.1, -0.05) is 0 Å². The predicted molar refractivity (Wildman–Crippen MR) is 69.1 cm³/mol. The molecule has 0 saturated carbocycles. The smallest absolute Gasteiger partial charge is 0.254 e. The zero-order valence-corrected chi connectivity index (χ0v) is 11.9. The van der Waals surface area contributed by atoms with Gasteiger partial charge in [-0.3, -0.25) is 4.90 Å². The van der Waals surface area contributed by atoms with Gasteiger partial charge < -0.3 is 5.11 Å². The lowest BCUT2D eigenvalue weighted by Crippen LogP contribution is -2.49. The first-order chi connectivity index (χ1) is 8.54. The van der Waals surface area contributed by atoms with Crippen LogP contribution >= 0.6 is 11.3 Å². The highest BCUT2D eigenvalue weighted by molar-refractivity contribution is 7.91. The second-order valence-corrected chi connectivity index (χ2v) is 7.57. The molecule has 1 fully saturated rings. The summed E-state index contributed by atoms with van der Waals surface area (Å²) >= 11 is 1.21. The highest BCUT2D eigenvalue weighted by Crippen LogP contribution is 2.23. The van der Waals surface area contributed by atoms with Crippen molar-refractivity contribution in [2.45, 2.75) is 11.1 Å². The summed E-state index contributed by atoms with van der Waals surface area (Å²) in [5.41, 5.74) is 0. The molecule has 0 unspecified atom stereocenters. The molecule has 1 saturated heterocycles. The van der Waals surface area contributed by atoms with Crippen LogP contribution in [0.25, 0.3) is 0 Å². The minimum absolute atomic E-state index is 0.112. The Balaban J connectivity index is 2.05. The first-order valence-corrected chi connectivity index (χ1v) is 8.05. The van der Waals surface area contributed by atoms with Crippen LogP contribution in [-0.4, -0.2) is 67.0 Å². The van der Waals surface area contributed by atoms with Crippen LogP contribution in [0.1, 0.15) is 5.01 Å². The third kappa shape index (κ3) is 2.89. The maximum Gasteiger partial charge on any atom is 0.254 e. The van der Waals surface area contributed by atoms with Gasteiger partial charge in [-0.25, -0.2) is 13.4 Å². The Bertz CT molecular complexity index is 492. The zero-order chi connectivity index (χ0) is 13.2. The third-order valence-electron chi connectivity index (χ3n) is 2.94. The van der Waals surface area contributed by atoms with E-state index in [1.807, 2.05) is 0 Å². The summed E-state index contributed by atoms with van der Waals surface area (Å²) in [6, 6.07) is 0. The van der Waals surface area contributed by atoms with Crippen LogP contribution < -0.4 is 0 Å². The van der Waals surface area contributed by atoms with Crippen LogP contribution in [-0.2, 0) is 10.0 Å². The SMILES string of the molecule is Cc1ncc(S(=O)(=O)N2CCN(CCO)CC2)s1. The van der Waals surface area contributed by atoms with Gasteiger partial charge in [-0.2, -0.15) is 4.31 Å². The molecule has 1 aromatic rings. The second-order valence-electron chi connectivity index (χ2n) is 4.17. The van der Waals surface area contributed by atoms with Crippen molar-refractivity contribution in [1.82, 2.24) is 14.2 Å². The summed E-state index contributed by atoms with van der Waals surface area (Å²) in [5, 5.41) is 9.60. The van der Waals surface area contributed by atoms with E-state index in [1.54, 1.807) is 6.92 Å². The molecule has 1 aromatic heterocycles. The normalized spacial score (nSPS) is 19.2. The molecule has 0 bridgehead atoms. The van der Waals surface area contributed by atoms with Gasteiger partial charge in [0.15, 0.2) is 4.21 Å². The predicted octanol–water partition coefficient (Wildman–Crippen LogP) is -0.250. The highest BCUT2D eigenvalue weighted by Gasteiger charge is 2.29. The van der Waals surface area contributed by atoms with E-state index in [-0.39, 0.29) is 6.61 Å². The summed E-state index contributed by atoms with van der Waals surface area (Å²) < 4.78 is 26.4. The van der Waals surface area contributed by atoms with E-state index in [1.165, 1.54) is 21.8 Å². The number of rotatable bonds is 4. The number of β-amino-alcohol motifs (C(OH)–C–C–N with tert-alkyl or cyclic N) is 1. The number of hydrogen-bond donors (Lipinski definition) is 1. The van der Waals surface area contributed by atoms with Gasteiger partial charge in [0.2, 0.25) is 0 Å². The van der Waals surface area contributed by atoms with Crippen LogP contribution in [0.15, 0.2) is 10.4 Å². The molecule has 0 aliphatic carbocycles. The molecule has 1 aliphatic rings. The van der Waals surface area contributed by atoms with Gasteiger partial charge in [0.25, 0.3) is 10.0 Å². The molecular formula is C10H17N3O3S2. The zero-order valence-electron chi connectivity index (χ0n) is 10.2. The molecular weight excluding hydrogens is 274 g/mol. The molecule has 18 heavy (non-hydrogen) atoms. The van der Waals surface area contributed by atoms with E-state index in [2.05, 4.69) is 9.88 Å². The van der Waals surface area contributed by atoms with Crippen LogP contribution in [0.3, 0.4) is 0 Å². The maximum absolute atomic E-state index is 12.3. The van der Waals surface area contributed by atoms with Crippen LogP contribution in [0.4, 0.5) is 0 Å². The van der Waals surface area contributed by atoms with Crippen molar-refractivity contribution >= 4 is 21.4 Å². The van der Waals surface area contributed by atoms with Crippen molar-refractivity contribution in [2.75, 3.05) is 39.3 Å². The standard InChI is InChI=1S/C10H17N3O3S2/c1-9-11-8-10(17-9)18(15,16)13-4-2-12(3-5-13)6-7-14/h8,14H,2-7H2,1H3. The van der Waals surface area contributed by atoms with Crippen molar-refractivity contribution in [3.05, 3.63) is 11.2 Å². The number of aromatic nitrogens is 1. The number of aliphatic hydroxyl groups is 1. The van der Waals surface area contributed by atoms with Gasteiger partial charge >= 0.3 is 0 Å². The van der Waals surface area contributed by atoms with E-state index in [0.717, 1.165) is 5.01 Å². The fourth-order valence-electron chi connectivity index (χ4n) is 1.92. The molecule has 0 spiro atoms. The number of thiazole rings is 1. The lowest BCUT2D eigenvalue weighted by molar-refractivity contribution is 0.151. The highest BCUT2D eigenvalue weighted by atomic mass is 32.2. The fraction of sp³-hybridized carbons (Fsp3) is 0.700. The van der Waals surface area contributed by atoms with Gasteiger partial charge in [-0.05, 0) is 6.92 Å². The van der Waals surface area contributed by atoms with Crippen molar-refractivity contribution in [2.24, 2.45) is 0 Å². The van der Waals surface area contributed by atoms with E-state index in [9.17, 15) is 8.42 Å². The molecule has 6 nitrogen and oxygen atoms in total. The lowest BCUT2D eigenvalue weighted by atomic mass is 10.4. The molecule has 2 rings (SSSR count). The Labute approximate surface area is 111 Å². The maximum atomic E-state index is 12.3. The van der Waals surface area contributed by atoms with E-state index in [0.29, 0.717) is 36.9 Å². The molecule has 0 radical (unpaired) electrons. The van der Waals surface area contributed by atoms with Crippen molar-refractivity contribution in [1.29, 1.82) is 0 Å². The molecule has 0 amide bonds. The molecule has 102 valence electrons. The number of hydrogen-bond acceptors (Lipinski definition) is 6. The molecule has 0 atom stereocenters. The number of aliphatic hydroxyl groups excluding tert-OH is 1. The Hall–Kier alpha value is -0.540. The Morgan fingerprint density at radius 1 is 1.39 bits per heavy atom. The summed E-state index contributed by atoms with van der Waals surface area (Å²) in [5.74, 6) is 0. The number of aryl methyl sites for hydroxylation is 1. The first-order valence-electron chi connectivity index (χ1n) is 5.80. The summed E-state index contributed by atoms with van der Waals surface area (Å²) in [6.45, 7) is 4.78. The summed E-state index contributed by atoms with van der Waals surface area (Å²) in [6.07, 6.45) is 1.43. The quantitative estimate of drug-likeness (QED) is 0.828.